The van der Waals surface area contributed by atoms with Gasteiger partial charge in [0.25, 0.3) is 0 Å². The van der Waals surface area contributed by atoms with Crippen LogP contribution in [0.2, 0.25) is 0 Å². The third-order valence-electron chi connectivity index (χ3n) is 3.24. The smallest absolute Gasteiger partial charge is 0.123 e. The van der Waals surface area contributed by atoms with Gasteiger partial charge in [0, 0.05) is 6.42 Å². The van der Waals surface area contributed by atoms with Crippen molar-refractivity contribution < 1.29 is 9.50 Å². The molecule has 0 saturated heterocycles. The highest BCUT2D eigenvalue weighted by molar-refractivity contribution is 5.32. The van der Waals surface area contributed by atoms with Crippen LogP contribution in [0.3, 0.4) is 0 Å². The largest absolute Gasteiger partial charge is 0.386 e. The van der Waals surface area contributed by atoms with Gasteiger partial charge >= 0.3 is 0 Å². The molecule has 0 aliphatic heterocycles. The molecule has 0 fully saturated rings. The van der Waals surface area contributed by atoms with E-state index < -0.39 is 6.10 Å². The van der Waals surface area contributed by atoms with E-state index in [-0.39, 0.29) is 5.82 Å². The molecule has 5 heteroatoms. The Kier molecular flexibility index (Phi) is 3.75. The van der Waals surface area contributed by atoms with Gasteiger partial charge in [-0.15, -0.1) is 5.10 Å². The van der Waals surface area contributed by atoms with Crippen molar-refractivity contribution in [1.29, 1.82) is 0 Å². The molecule has 0 bridgehead atoms. The van der Waals surface area contributed by atoms with E-state index >= 15 is 0 Å². The SMILES string of the molecule is OC(Cc1cccc(F)c1)c1cnnn1-c1ccccc1. The Labute approximate surface area is 121 Å². The molecule has 0 saturated carbocycles. The molecule has 106 valence electrons. The van der Waals surface area contributed by atoms with Gasteiger partial charge in [-0.2, -0.15) is 0 Å². The summed E-state index contributed by atoms with van der Waals surface area (Å²) in [6.45, 7) is 0. The highest BCUT2D eigenvalue weighted by Crippen LogP contribution is 2.20. The number of halogens is 1. The summed E-state index contributed by atoms with van der Waals surface area (Å²) in [5.41, 5.74) is 2.12. The topological polar surface area (TPSA) is 50.9 Å². The fraction of sp³-hybridized carbons (Fsp3) is 0.125. The first-order valence-electron chi connectivity index (χ1n) is 6.62. The monoisotopic (exact) mass is 283 g/mol. The average molecular weight is 283 g/mol. The predicted octanol–water partition coefficient (Wildman–Crippen LogP) is 2.68. The van der Waals surface area contributed by atoms with E-state index in [0.29, 0.717) is 12.1 Å². The second-order valence-electron chi connectivity index (χ2n) is 4.76. The van der Waals surface area contributed by atoms with Gasteiger partial charge in [0.2, 0.25) is 0 Å². The first kappa shape index (κ1) is 13.5. The van der Waals surface area contributed by atoms with Crippen molar-refractivity contribution in [3.8, 4) is 5.69 Å². The van der Waals surface area contributed by atoms with Crippen molar-refractivity contribution in [3.63, 3.8) is 0 Å². The van der Waals surface area contributed by atoms with Gasteiger partial charge in [0.15, 0.2) is 0 Å². The minimum atomic E-state index is -0.804. The first-order valence-corrected chi connectivity index (χ1v) is 6.62. The minimum Gasteiger partial charge on any atom is -0.386 e. The van der Waals surface area contributed by atoms with Crippen LogP contribution in [-0.4, -0.2) is 20.1 Å². The number of aliphatic hydroxyl groups is 1. The minimum absolute atomic E-state index is 0.304. The van der Waals surface area contributed by atoms with Crippen molar-refractivity contribution in [2.75, 3.05) is 0 Å². The van der Waals surface area contributed by atoms with Crippen molar-refractivity contribution >= 4 is 0 Å². The molecule has 1 N–H and O–H groups in total. The molecule has 0 aliphatic rings. The van der Waals surface area contributed by atoms with E-state index in [1.807, 2.05) is 30.3 Å². The second-order valence-corrected chi connectivity index (χ2v) is 4.76. The molecule has 1 atom stereocenters. The average Bonchev–Trinajstić information content (AvgIpc) is 2.98. The summed E-state index contributed by atoms with van der Waals surface area (Å²) in [5, 5.41) is 18.2. The third-order valence-corrected chi connectivity index (χ3v) is 3.24. The van der Waals surface area contributed by atoms with Gasteiger partial charge in [0.1, 0.15) is 11.9 Å². The molecule has 0 spiro atoms. The molecule has 1 unspecified atom stereocenters. The number of benzene rings is 2. The standard InChI is InChI=1S/C16H14FN3O/c17-13-6-4-5-12(9-13)10-16(21)15-11-18-19-20(15)14-7-2-1-3-8-14/h1-9,11,16,21H,10H2. The van der Waals surface area contributed by atoms with Gasteiger partial charge in [-0.05, 0) is 29.8 Å². The molecule has 21 heavy (non-hydrogen) atoms. The van der Waals surface area contributed by atoms with Crippen molar-refractivity contribution in [2.24, 2.45) is 0 Å². The summed E-state index contributed by atoms with van der Waals surface area (Å²) in [6, 6.07) is 15.7. The Balaban J connectivity index is 1.86. The van der Waals surface area contributed by atoms with Gasteiger partial charge < -0.3 is 5.11 Å². The van der Waals surface area contributed by atoms with Crippen LogP contribution in [0.25, 0.3) is 5.69 Å². The number of rotatable bonds is 4. The van der Waals surface area contributed by atoms with Crippen LogP contribution in [0.15, 0.2) is 60.8 Å². The highest BCUT2D eigenvalue weighted by Gasteiger charge is 2.16. The molecule has 4 nitrogen and oxygen atoms in total. The Morgan fingerprint density at radius 2 is 1.90 bits per heavy atom. The third kappa shape index (κ3) is 2.98. The maximum absolute atomic E-state index is 13.2. The normalized spacial score (nSPS) is 12.3. The van der Waals surface area contributed by atoms with Crippen LogP contribution in [0.1, 0.15) is 17.4 Å². The fourth-order valence-corrected chi connectivity index (χ4v) is 2.23. The van der Waals surface area contributed by atoms with Crippen molar-refractivity contribution in [1.82, 2.24) is 15.0 Å². The lowest BCUT2D eigenvalue weighted by Gasteiger charge is -2.12. The van der Waals surface area contributed by atoms with Crippen molar-refractivity contribution in [3.05, 3.63) is 77.9 Å². The lowest BCUT2D eigenvalue weighted by Crippen LogP contribution is -2.09. The summed E-state index contributed by atoms with van der Waals surface area (Å²) in [4.78, 5) is 0. The van der Waals surface area contributed by atoms with Gasteiger partial charge in [-0.1, -0.05) is 35.5 Å². The number of aliphatic hydroxyl groups excluding tert-OH is 1. The number of hydrogen-bond donors (Lipinski definition) is 1. The predicted molar refractivity (Wildman–Crippen MR) is 76.4 cm³/mol. The van der Waals surface area contributed by atoms with Crippen LogP contribution in [0.5, 0.6) is 0 Å². The fourth-order valence-electron chi connectivity index (χ4n) is 2.23. The Morgan fingerprint density at radius 3 is 2.67 bits per heavy atom. The zero-order valence-electron chi connectivity index (χ0n) is 11.2. The van der Waals surface area contributed by atoms with Crippen LogP contribution in [-0.2, 0) is 6.42 Å². The lowest BCUT2D eigenvalue weighted by atomic mass is 10.1. The maximum Gasteiger partial charge on any atom is 0.123 e. The Bertz CT molecular complexity index is 727. The summed E-state index contributed by atoms with van der Waals surface area (Å²) in [6.07, 6.45) is 1.02. The first-order chi connectivity index (χ1) is 10.2. The molecule has 0 amide bonds. The van der Waals surface area contributed by atoms with Crippen LogP contribution in [0, 0.1) is 5.82 Å². The molecule has 3 rings (SSSR count). The molecule has 3 aromatic rings. The lowest BCUT2D eigenvalue weighted by molar-refractivity contribution is 0.170. The molecule has 0 aliphatic carbocycles. The van der Waals surface area contributed by atoms with E-state index in [1.54, 1.807) is 16.8 Å². The second kappa shape index (κ2) is 5.85. The number of para-hydroxylation sites is 1. The van der Waals surface area contributed by atoms with Crippen molar-refractivity contribution in [2.45, 2.75) is 12.5 Å². The molecule has 2 aromatic carbocycles. The number of aromatic nitrogens is 3. The molecule has 1 aromatic heterocycles. The summed E-state index contributed by atoms with van der Waals surface area (Å²) in [7, 11) is 0. The quantitative estimate of drug-likeness (QED) is 0.801. The molecular formula is C16H14FN3O. The Hall–Kier alpha value is -2.53. The Morgan fingerprint density at radius 1 is 1.10 bits per heavy atom. The molecule has 0 radical (unpaired) electrons. The molecule has 1 heterocycles. The number of nitrogens with zero attached hydrogens (tertiary/aromatic N) is 3. The maximum atomic E-state index is 13.2. The molecular weight excluding hydrogens is 269 g/mol. The van der Waals surface area contributed by atoms with E-state index in [1.165, 1.54) is 18.3 Å². The summed E-state index contributed by atoms with van der Waals surface area (Å²) >= 11 is 0. The van der Waals surface area contributed by atoms with E-state index in [2.05, 4.69) is 10.3 Å². The van der Waals surface area contributed by atoms with Gasteiger partial charge in [-0.3, -0.25) is 0 Å². The van der Waals surface area contributed by atoms with Crippen LogP contribution < -0.4 is 0 Å². The van der Waals surface area contributed by atoms with Gasteiger partial charge in [-0.25, -0.2) is 9.07 Å². The zero-order chi connectivity index (χ0) is 14.7. The van der Waals surface area contributed by atoms with E-state index in [0.717, 1.165) is 11.3 Å². The van der Waals surface area contributed by atoms with E-state index in [9.17, 15) is 9.50 Å². The highest BCUT2D eigenvalue weighted by atomic mass is 19.1. The zero-order valence-corrected chi connectivity index (χ0v) is 11.2. The van der Waals surface area contributed by atoms with Crippen LogP contribution in [0.4, 0.5) is 4.39 Å². The summed E-state index contributed by atoms with van der Waals surface area (Å²) in [5.74, 6) is -0.311. The summed E-state index contributed by atoms with van der Waals surface area (Å²) < 4.78 is 14.8. The van der Waals surface area contributed by atoms with Gasteiger partial charge in [0.05, 0.1) is 17.6 Å². The van der Waals surface area contributed by atoms with E-state index in [4.69, 9.17) is 0 Å². The van der Waals surface area contributed by atoms with Crippen LogP contribution >= 0.6 is 0 Å². The number of hydrogen-bond acceptors (Lipinski definition) is 3.